The maximum Gasteiger partial charge on any atom is 0.416 e. The molecule has 0 aliphatic carbocycles. The van der Waals surface area contributed by atoms with Crippen molar-refractivity contribution in [3.63, 3.8) is 0 Å². The fourth-order valence-electron chi connectivity index (χ4n) is 2.80. The van der Waals surface area contributed by atoms with Crippen molar-refractivity contribution < 1.29 is 18.0 Å². The highest BCUT2D eigenvalue weighted by Gasteiger charge is 2.29. The number of hydrogen-bond donors (Lipinski definition) is 1. The first kappa shape index (κ1) is 19.6. The van der Waals surface area contributed by atoms with Crippen molar-refractivity contribution in [3.05, 3.63) is 75.7 Å². The molecule has 1 amide bonds. The van der Waals surface area contributed by atoms with Crippen LogP contribution in [-0.2, 0) is 12.7 Å². The van der Waals surface area contributed by atoms with Crippen molar-refractivity contribution in [3.8, 4) is 0 Å². The Labute approximate surface area is 158 Å². The van der Waals surface area contributed by atoms with E-state index in [4.69, 9.17) is 0 Å². The fourth-order valence-corrected chi connectivity index (χ4v) is 2.80. The zero-order valence-electron chi connectivity index (χ0n) is 15.2. The number of amides is 1. The second-order valence-electron chi connectivity index (χ2n) is 6.62. The van der Waals surface area contributed by atoms with Crippen LogP contribution in [0.1, 0.15) is 41.5 Å². The number of nitrogens with one attached hydrogen (secondary N) is 1. The number of alkyl halides is 3. The van der Waals surface area contributed by atoms with Crippen molar-refractivity contribution in [1.82, 2.24) is 15.1 Å². The number of halogens is 3. The maximum absolute atomic E-state index is 12.7. The predicted molar refractivity (Wildman–Crippen MR) is 99.0 cm³/mol. The van der Waals surface area contributed by atoms with E-state index in [2.05, 4.69) is 10.4 Å². The topological polar surface area (TPSA) is 64.0 Å². The van der Waals surface area contributed by atoms with Crippen LogP contribution in [0.2, 0.25) is 0 Å². The van der Waals surface area contributed by atoms with Gasteiger partial charge < -0.3 is 5.32 Å². The van der Waals surface area contributed by atoms with Gasteiger partial charge in [0.05, 0.1) is 17.0 Å². The Kier molecular flexibility index (Phi) is 5.22. The molecule has 1 heterocycles. The molecule has 1 N–H and O–H groups in total. The number of aromatic nitrogens is 2. The lowest BCUT2D eigenvalue weighted by Crippen LogP contribution is -2.31. The summed E-state index contributed by atoms with van der Waals surface area (Å²) >= 11 is 0. The van der Waals surface area contributed by atoms with E-state index in [-0.39, 0.29) is 23.8 Å². The third-order valence-electron chi connectivity index (χ3n) is 4.27. The smallest absolute Gasteiger partial charge is 0.347 e. The Bertz CT molecular complexity index is 1070. The van der Waals surface area contributed by atoms with Crippen LogP contribution in [0.15, 0.2) is 53.3 Å². The van der Waals surface area contributed by atoms with E-state index >= 15 is 0 Å². The zero-order valence-corrected chi connectivity index (χ0v) is 15.2. The molecule has 1 aromatic heterocycles. The van der Waals surface area contributed by atoms with Gasteiger partial charge in [-0.05, 0) is 37.6 Å². The molecule has 0 aliphatic rings. The number of fused-ring (bicyclic) bond motifs is 1. The molecule has 2 aromatic carbocycles. The lowest BCUT2D eigenvalue weighted by molar-refractivity contribution is -0.137. The first-order valence-corrected chi connectivity index (χ1v) is 8.64. The van der Waals surface area contributed by atoms with E-state index in [9.17, 15) is 22.8 Å². The Morgan fingerprint density at radius 2 is 1.68 bits per heavy atom. The third kappa shape index (κ3) is 3.90. The molecule has 0 bridgehead atoms. The van der Waals surface area contributed by atoms with Crippen molar-refractivity contribution in [2.75, 3.05) is 0 Å². The molecule has 0 spiro atoms. The molecule has 28 heavy (non-hydrogen) atoms. The molecule has 5 nitrogen and oxygen atoms in total. The average Bonchev–Trinajstić information content (AvgIpc) is 2.66. The highest BCUT2D eigenvalue weighted by atomic mass is 19.4. The van der Waals surface area contributed by atoms with E-state index < -0.39 is 17.6 Å². The van der Waals surface area contributed by atoms with Gasteiger partial charge in [-0.25, -0.2) is 4.68 Å². The van der Waals surface area contributed by atoms with E-state index in [0.717, 1.165) is 12.1 Å². The summed E-state index contributed by atoms with van der Waals surface area (Å²) in [5.41, 5.74) is -0.428. The van der Waals surface area contributed by atoms with Gasteiger partial charge in [-0.15, -0.1) is 0 Å². The fraction of sp³-hybridized carbons (Fsp3) is 0.250. The number of carbonyl (C=O) groups is 1. The van der Waals surface area contributed by atoms with Gasteiger partial charge in [0, 0.05) is 11.9 Å². The Hall–Kier alpha value is -3.16. The van der Waals surface area contributed by atoms with E-state index in [1.807, 2.05) is 0 Å². The van der Waals surface area contributed by atoms with E-state index in [0.29, 0.717) is 16.3 Å². The molecular weight excluding hydrogens is 371 g/mol. The highest BCUT2D eigenvalue weighted by Crippen LogP contribution is 2.29. The molecule has 0 saturated carbocycles. The quantitative estimate of drug-likeness (QED) is 0.736. The SMILES string of the molecule is CC(C)n1nc(C(=O)NCc2ccc(C(F)(F)F)cc2)c2ccccc2c1=O. The minimum atomic E-state index is -4.41. The standard InChI is InChI=1S/C20H18F3N3O2/c1-12(2)26-19(28)16-6-4-3-5-15(16)17(25-26)18(27)24-11-13-7-9-14(10-8-13)20(21,22)23/h3-10,12H,11H2,1-2H3,(H,24,27). The van der Waals surface area contributed by atoms with Gasteiger partial charge in [0.1, 0.15) is 0 Å². The van der Waals surface area contributed by atoms with Crippen molar-refractivity contribution in [2.24, 2.45) is 0 Å². The summed E-state index contributed by atoms with van der Waals surface area (Å²) in [5, 5.41) is 7.66. The lowest BCUT2D eigenvalue weighted by atomic mass is 10.1. The average molecular weight is 389 g/mol. The number of rotatable bonds is 4. The summed E-state index contributed by atoms with van der Waals surface area (Å²) in [7, 11) is 0. The molecule has 0 aliphatic heterocycles. The molecule has 3 aromatic rings. The molecule has 0 radical (unpaired) electrons. The maximum atomic E-state index is 12.7. The number of nitrogens with zero attached hydrogens (tertiary/aromatic N) is 2. The Morgan fingerprint density at radius 3 is 2.25 bits per heavy atom. The summed E-state index contributed by atoms with van der Waals surface area (Å²) in [4.78, 5) is 25.2. The van der Waals surface area contributed by atoms with Crippen LogP contribution in [-0.4, -0.2) is 15.7 Å². The van der Waals surface area contributed by atoms with Gasteiger partial charge in [0.2, 0.25) is 0 Å². The van der Waals surface area contributed by atoms with Gasteiger partial charge >= 0.3 is 6.18 Å². The second-order valence-corrected chi connectivity index (χ2v) is 6.62. The predicted octanol–water partition coefficient (Wildman–Crippen LogP) is 3.93. The number of carbonyl (C=O) groups excluding carboxylic acids is 1. The number of benzene rings is 2. The van der Waals surface area contributed by atoms with Gasteiger partial charge in [-0.3, -0.25) is 9.59 Å². The number of hydrogen-bond acceptors (Lipinski definition) is 3. The van der Waals surface area contributed by atoms with Crippen LogP contribution in [0.4, 0.5) is 13.2 Å². The van der Waals surface area contributed by atoms with Crippen molar-refractivity contribution in [2.45, 2.75) is 32.6 Å². The van der Waals surface area contributed by atoms with Crippen LogP contribution < -0.4 is 10.9 Å². The Morgan fingerprint density at radius 1 is 1.07 bits per heavy atom. The van der Waals surface area contributed by atoms with E-state index in [1.54, 1.807) is 38.1 Å². The summed E-state index contributed by atoms with van der Waals surface area (Å²) < 4.78 is 39.1. The Balaban J connectivity index is 1.88. The molecular formula is C20H18F3N3O2. The van der Waals surface area contributed by atoms with Crippen LogP contribution in [0.3, 0.4) is 0 Å². The summed E-state index contributed by atoms with van der Waals surface area (Å²) in [6.45, 7) is 3.61. The highest BCUT2D eigenvalue weighted by molar-refractivity contribution is 6.04. The van der Waals surface area contributed by atoms with Crippen LogP contribution in [0, 0.1) is 0 Å². The largest absolute Gasteiger partial charge is 0.416 e. The van der Waals surface area contributed by atoms with Crippen molar-refractivity contribution in [1.29, 1.82) is 0 Å². The first-order chi connectivity index (χ1) is 13.2. The molecule has 8 heteroatoms. The van der Waals surface area contributed by atoms with Gasteiger partial charge in [-0.2, -0.15) is 18.3 Å². The van der Waals surface area contributed by atoms with Crippen LogP contribution in [0.25, 0.3) is 10.8 Å². The second kappa shape index (κ2) is 7.46. The minimum absolute atomic E-state index is 0.0355. The summed E-state index contributed by atoms with van der Waals surface area (Å²) in [6, 6.07) is 11.0. The molecule has 0 atom stereocenters. The van der Waals surface area contributed by atoms with Gasteiger partial charge in [0.25, 0.3) is 11.5 Å². The van der Waals surface area contributed by atoms with Crippen molar-refractivity contribution >= 4 is 16.7 Å². The minimum Gasteiger partial charge on any atom is -0.347 e. The monoisotopic (exact) mass is 389 g/mol. The van der Waals surface area contributed by atoms with Crippen LogP contribution >= 0.6 is 0 Å². The molecule has 146 valence electrons. The summed E-state index contributed by atoms with van der Waals surface area (Å²) in [6.07, 6.45) is -4.41. The zero-order chi connectivity index (χ0) is 20.5. The lowest BCUT2D eigenvalue weighted by Gasteiger charge is -2.13. The van der Waals surface area contributed by atoms with E-state index in [1.165, 1.54) is 16.8 Å². The summed E-state index contributed by atoms with van der Waals surface area (Å²) in [5.74, 6) is -0.509. The first-order valence-electron chi connectivity index (χ1n) is 8.64. The van der Waals surface area contributed by atoms with Crippen LogP contribution in [0.5, 0.6) is 0 Å². The third-order valence-corrected chi connectivity index (χ3v) is 4.27. The molecule has 3 rings (SSSR count). The van der Waals surface area contributed by atoms with Gasteiger partial charge in [0.15, 0.2) is 5.69 Å². The van der Waals surface area contributed by atoms with Gasteiger partial charge in [-0.1, -0.05) is 30.3 Å². The normalized spacial score (nSPS) is 11.8. The molecule has 0 fully saturated rings. The molecule has 0 saturated heterocycles. The molecule has 0 unspecified atom stereocenters.